The first-order valence-electron chi connectivity index (χ1n) is 3.19. The van der Waals surface area contributed by atoms with Crippen molar-refractivity contribution in [3.05, 3.63) is 18.7 Å². The summed E-state index contributed by atoms with van der Waals surface area (Å²) in [7, 11) is 1.83. The number of nitrogens with zero attached hydrogens (tertiary/aromatic N) is 2. The number of hydrogen-bond donors (Lipinski definition) is 1. The number of aromatic nitrogens is 2. The highest BCUT2D eigenvalue weighted by atomic mass is 32.2. The van der Waals surface area contributed by atoms with Crippen LogP contribution < -0.4 is 5.32 Å². The van der Waals surface area contributed by atoms with Gasteiger partial charge in [-0.15, -0.1) is 0 Å². The molecular weight excluding hydrogens is 158 g/mol. The first-order valence-corrected chi connectivity index (χ1v) is 4.41. The summed E-state index contributed by atoms with van der Waals surface area (Å²) in [4.78, 5) is 8.27. The van der Waals surface area contributed by atoms with Crippen LogP contribution in [0.25, 0.3) is 0 Å². The molecule has 59 valence electrons. The Morgan fingerprint density at radius 2 is 2.27 bits per heavy atom. The zero-order chi connectivity index (χ0) is 8.27. The third kappa shape index (κ3) is 2.08. The maximum Gasteiger partial charge on any atom is 0.189 e. The van der Waals surface area contributed by atoms with Crippen LogP contribution in [0.5, 0.6) is 0 Å². The van der Waals surface area contributed by atoms with Gasteiger partial charge in [-0.1, -0.05) is 11.8 Å². The Morgan fingerprint density at radius 3 is 2.82 bits per heavy atom. The first-order chi connectivity index (χ1) is 5.26. The van der Waals surface area contributed by atoms with Gasteiger partial charge in [0.05, 0.1) is 0 Å². The average molecular weight is 168 g/mol. The predicted molar refractivity (Wildman–Crippen MR) is 47.8 cm³/mol. The van der Waals surface area contributed by atoms with Gasteiger partial charge in [0, 0.05) is 18.8 Å². The van der Waals surface area contributed by atoms with E-state index in [0.29, 0.717) is 0 Å². The van der Waals surface area contributed by atoms with Gasteiger partial charge in [0.1, 0.15) is 5.82 Å². The Kier molecular flexibility index (Phi) is 2.70. The normalized spacial score (nSPS) is 9.73. The maximum atomic E-state index is 4.17. The molecule has 0 amide bonds. The van der Waals surface area contributed by atoms with Crippen molar-refractivity contribution in [1.82, 2.24) is 9.97 Å². The van der Waals surface area contributed by atoms with Crippen molar-refractivity contribution in [1.29, 1.82) is 0 Å². The molecule has 1 N–H and O–H groups in total. The van der Waals surface area contributed by atoms with Crippen LogP contribution in [-0.4, -0.2) is 23.3 Å². The summed E-state index contributed by atoms with van der Waals surface area (Å²) in [6, 6.07) is 1.81. The fourth-order valence-corrected chi connectivity index (χ4v) is 1.09. The number of anilines is 1. The fourth-order valence-electron chi connectivity index (χ4n) is 0.693. The maximum absolute atomic E-state index is 4.17. The molecular formula is C7H10N3S. The summed E-state index contributed by atoms with van der Waals surface area (Å²) in [5.41, 5.74) is 0.744. The Morgan fingerprint density at radius 1 is 1.55 bits per heavy atom. The standard InChI is InChI=1S/C7H10N3S/c1-5-4-6(8-2)10-7(9-5)11-3/h4H,1H2,2-3H3,(H,8,9,10). The lowest BCUT2D eigenvalue weighted by atomic mass is 10.4. The molecule has 4 heteroatoms. The molecule has 0 fully saturated rings. The van der Waals surface area contributed by atoms with E-state index in [2.05, 4.69) is 22.2 Å². The van der Waals surface area contributed by atoms with E-state index in [1.165, 1.54) is 11.8 Å². The molecule has 11 heavy (non-hydrogen) atoms. The van der Waals surface area contributed by atoms with Gasteiger partial charge in [0.2, 0.25) is 0 Å². The second-order valence-electron chi connectivity index (χ2n) is 1.98. The average Bonchev–Trinajstić information content (AvgIpc) is 2.03. The van der Waals surface area contributed by atoms with Gasteiger partial charge >= 0.3 is 0 Å². The van der Waals surface area contributed by atoms with Crippen LogP contribution in [0.1, 0.15) is 5.69 Å². The summed E-state index contributed by atoms with van der Waals surface area (Å²) in [6.07, 6.45) is 1.94. The lowest BCUT2D eigenvalue weighted by molar-refractivity contribution is 0.955. The van der Waals surface area contributed by atoms with Crippen molar-refractivity contribution >= 4 is 17.6 Å². The quantitative estimate of drug-likeness (QED) is 0.535. The van der Waals surface area contributed by atoms with E-state index in [-0.39, 0.29) is 0 Å². The summed E-state index contributed by atoms with van der Waals surface area (Å²) < 4.78 is 0. The molecule has 1 aromatic heterocycles. The predicted octanol–water partition coefficient (Wildman–Crippen LogP) is 1.42. The Labute approximate surface area is 70.6 Å². The molecule has 0 aliphatic carbocycles. The molecule has 0 aliphatic rings. The summed E-state index contributed by atoms with van der Waals surface area (Å²) >= 11 is 1.51. The molecule has 1 heterocycles. The number of nitrogens with one attached hydrogen (secondary N) is 1. The lowest BCUT2D eigenvalue weighted by Gasteiger charge is -2.01. The number of rotatable bonds is 2. The largest absolute Gasteiger partial charge is 0.373 e. The first kappa shape index (κ1) is 8.33. The molecule has 0 atom stereocenters. The second kappa shape index (κ2) is 3.57. The minimum atomic E-state index is 0.744. The van der Waals surface area contributed by atoms with Crippen molar-refractivity contribution in [2.45, 2.75) is 5.16 Å². The molecule has 3 nitrogen and oxygen atoms in total. The van der Waals surface area contributed by atoms with Crippen LogP contribution in [0, 0.1) is 6.92 Å². The van der Waals surface area contributed by atoms with Crippen LogP contribution in [0.4, 0.5) is 5.82 Å². The van der Waals surface area contributed by atoms with Gasteiger partial charge in [-0.05, 0) is 13.2 Å². The van der Waals surface area contributed by atoms with Gasteiger partial charge in [0.15, 0.2) is 5.16 Å². The summed E-state index contributed by atoms with van der Waals surface area (Å²) in [6.45, 7) is 3.73. The molecule has 0 spiro atoms. The van der Waals surface area contributed by atoms with Crippen LogP contribution >= 0.6 is 11.8 Å². The van der Waals surface area contributed by atoms with Crippen LogP contribution in [0.3, 0.4) is 0 Å². The molecule has 0 unspecified atom stereocenters. The highest BCUT2D eigenvalue weighted by Gasteiger charge is 1.97. The van der Waals surface area contributed by atoms with Crippen molar-refractivity contribution in [3.8, 4) is 0 Å². The molecule has 1 rings (SSSR count). The monoisotopic (exact) mass is 168 g/mol. The van der Waals surface area contributed by atoms with E-state index in [9.17, 15) is 0 Å². The molecule has 1 radical (unpaired) electrons. The fraction of sp³-hybridized carbons (Fsp3) is 0.286. The van der Waals surface area contributed by atoms with Gasteiger partial charge in [-0.2, -0.15) is 0 Å². The number of hydrogen-bond acceptors (Lipinski definition) is 4. The summed E-state index contributed by atoms with van der Waals surface area (Å²) in [5.74, 6) is 0.814. The van der Waals surface area contributed by atoms with E-state index < -0.39 is 0 Å². The zero-order valence-corrected chi connectivity index (χ0v) is 7.40. The molecule has 0 saturated heterocycles. The molecule has 0 aromatic carbocycles. The smallest absolute Gasteiger partial charge is 0.189 e. The van der Waals surface area contributed by atoms with E-state index in [0.717, 1.165) is 16.7 Å². The number of thioether (sulfide) groups is 1. The van der Waals surface area contributed by atoms with E-state index >= 15 is 0 Å². The van der Waals surface area contributed by atoms with Gasteiger partial charge in [0.25, 0.3) is 0 Å². The van der Waals surface area contributed by atoms with E-state index in [1.807, 2.05) is 13.3 Å². The van der Waals surface area contributed by atoms with Crippen molar-refractivity contribution in [2.75, 3.05) is 18.6 Å². The van der Waals surface area contributed by atoms with Crippen LogP contribution in [-0.2, 0) is 0 Å². The second-order valence-corrected chi connectivity index (χ2v) is 2.75. The Hall–Kier alpha value is -0.770. The topological polar surface area (TPSA) is 37.8 Å². The highest BCUT2D eigenvalue weighted by Crippen LogP contribution is 2.12. The van der Waals surface area contributed by atoms with Crippen molar-refractivity contribution in [3.63, 3.8) is 0 Å². The zero-order valence-electron chi connectivity index (χ0n) is 6.59. The molecule has 0 saturated carbocycles. The molecule has 1 aromatic rings. The Bertz CT molecular complexity index is 227. The Balaban J connectivity index is 3.02. The summed E-state index contributed by atoms with van der Waals surface area (Å²) in [5, 5.41) is 3.69. The van der Waals surface area contributed by atoms with E-state index in [1.54, 1.807) is 6.07 Å². The van der Waals surface area contributed by atoms with Gasteiger partial charge < -0.3 is 5.32 Å². The van der Waals surface area contributed by atoms with Crippen LogP contribution in [0.2, 0.25) is 0 Å². The van der Waals surface area contributed by atoms with Gasteiger partial charge in [-0.3, -0.25) is 0 Å². The van der Waals surface area contributed by atoms with Crippen molar-refractivity contribution < 1.29 is 0 Å². The van der Waals surface area contributed by atoms with E-state index in [4.69, 9.17) is 0 Å². The lowest BCUT2D eigenvalue weighted by Crippen LogP contribution is -1.96. The molecule has 0 aliphatic heterocycles. The third-order valence-corrected chi connectivity index (χ3v) is 1.75. The highest BCUT2D eigenvalue weighted by molar-refractivity contribution is 7.98. The minimum Gasteiger partial charge on any atom is -0.373 e. The van der Waals surface area contributed by atoms with Gasteiger partial charge in [-0.25, -0.2) is 9.97 Å². The van der Waals surface area contributed by atoms with Crippen LogP contribution in [0.15, 0.2) is 11.2 Å². The third-order valence-electron chi connectivity index (χ3n) is 1.20. The van der Waals surface area contributed by atoms with Crippen molar-refractivity contribution in [2.24, 2.45) is 0 Å². The minimum absolute atomic E-state index is 0.744. The molecule has 0 bridgehead atoms. The SMILES string of the molecule is [CH2]c1cc(NC)nc(SC)n1.